The quantitative estimate of drug-likeness (QED) is 0.905. The van der Waals surface area contributed by atoms with E-state index in [1.165, 1.54) is 5.56 Å². The molecule has 0 saturated heterocycles. The van der Waals surface area contributed by atoms with Gasteiger partial charge in [0.25, 0.3) is 0 Å². The Labute approximate surface area is 126 Å². The molecule has 0 unspecified atom stereocenters. The summed E-state index contributed by atoms with van der Waals surface area (Å²) >= 11 is 0. The summed E-state index contributed by atoms with van der Waals surface area (Å²) in [6.07, 6.45) is 2.14. The largest absolute Gasteiger partial charge is 0.344 e. The van der Waals surface area contributed by atoms with Crippen molar-refractivity contribution in [1.82, 2.24) is 5.32 Å². The number of rotatable bonds is 5. The van der Waals surface area contributed by atoms with E-state index >= 15 is 0 Å². The molecule has 0 aliphatic carbocycles. The second-order valence-electron chi connectivity index (χ2n) is 5.91. The van der Waals surface area contributed by atoms with Crippen LogP contribution in [0.15, 0.2) is 24.3 Å². The lowest BCUT2D eigenvalue weighted by atomic mass is 10.0. The van der Waals surface area contributed by atoms with Crippen LogP contribution in [0.25, 0.3) is 0 Å². The topological polar surface area (TPSA) is 49.4 Å². The molecule has 0 bridgehead atoms. The Balaban J connectivity index is 2.15. The summed E-state index contributed by atoms with van der Waals surface area (Å²) in [6, 6.07) is 7.53. The zero-order chi connectivity index (χ0) is 15.4. The Kier molecular flexibility index (Phi) is 4.99. The summed E-state index contributed by atoms with van der Waals surface area (Å²) in [5.41, 5.74) is 2.19. The maximum atomic E-state index is 12.8. The summed E-state index contributed by atoms with van der Waals surface area (Å²) in [7, 11) is 0. The Morgan fingerprint density at radius 2 is 2.00 bits per heavy atom. The number of amides is 2. The van der Waals surface area contributed by atoms with Crippen molar-refractivity contribution in [3.05, 3.63) is 29.8 Å². The SMILES string of the molecule is CCCC(=O)N[C@H](C(=O)N1CCc2ccccc21)C(C)C. The van der Waals surface area contributed by atoms with Gasteiger partial charge in [-0.25, -0.2) is 0 Å². The van der Waals surface area contributed by atoms with Gasteiger partial charge in [0.05, 0.1) is 0 Å². The van der Waals surface area contributed by atoms with Crippen molar-refractivity contribution in [2.24, 2.45) is 5.92 Å². The molecule has 1 aliphatic heterocycles. The van der Waals surface area contributed by atoms with Crippen LogP contribution in [-0.2, 0) is 16.0 Å². The van der Waals surface area contributed by atoms with Crippen molar-refractivity contribution in [1.29, 1.82) is 0 Å². The monoisotopic (exact) mass is 288 g/mol. The molecule has 1 atom stereocenters. The Hall–Kier alpha value is -1.84. The molecule has 21 heavy (non-hydrogen) atoms. The van der Waals surface area contributed by atoms with E-state index in [0.717, 1.165) is 18.5 Å². The summed E-state index contributed by atoms with van der Waals surface area (Å²) in [6.45, 7) is 6.60. The van der Waals surface area contributed by atoms with Gasteiger partial charge in [0.1, 0.15) is 6.04 Å². The maximum Gasteiger partial charge on any atom is 0.249 e. The number of carbonyl (C=O) groups excluding carboxylic acids is 2. The van der Waals surface area contributed by atoms with Gasteiger partial charge in [-0.1, -0.05) is 39.0 Å². The van der Waals surface area contributed by atoms with E-state index in [2.05, 4.69) is 11.4 Å². The first-order valence-corrected chi connectivity index (χ1v) is 7.73. The van der Waals surface area contributed by atoms with E-state index in [1.807, 2.05) is 43.9 Å². The van der Waals surface area contributed by atoms with Crippen LogP contribution >= 0.6 is 0 Å². The van der Waals surface area contributed by atoms with Crippen LogP contribution in [0.5, 0.6) is 0 Å². The number of fused-ring (bicyclic) bond motifs is 1. The number of hydrogen-bond donors (Lipinski definition) is 1. The molecule has 1 aliphatic rings. The van der Waals surface area contributed by atoms with Gasteiger partial charge in [-0.15, -0.1) is 0 Å². The highest BCUT2D eigenvalue weighted by Crippen LogP contribution is 2.28. The van der Waals surface area contributed by atoms with E-state index in [9.17, 15) is 9.59 Å². The molecule has 1 N–H and O–H groups in total. The van der Waals surface area contributed by atoms with Gasteiger partial charge in [0, 0.05) is 18.7 Å². The Bertz CT molecular complexity index is 525. The number of nitrogens with one attached hydrogen (secondary N) is 1. The highest BCUT2D eigenvalue weighted by atomic mass is 16.2. The molecule has 0 aromatic heterocycles. The van der Waals surface area contributed by atoms with E-state index < -0.39 is 6.04 Å². The molecule has 4 heteroatoms. The fourth-order valence-corrected chi connectivity index (χ4v) is 2.72. The third-order valence-electron chi connectivity index (χ3n) is 3.88. The lowest BCUT2D eigenvalue weighted by Gasteiger charge is -2.27. The lowest BCUT2D eigenvalue weighted by molar-refractivity contribution is -0.128. The van der Waals surface area contributed by atoms with Crippen molar-refractivity contribution < 1.29 is 9.59 Å². The molecule has 4 nitrogen and oxygen atoms in total. The summed E-state index contributed by atoms with van der Waals surface area (Å²) in [4.78, 5) is 26.5. The molecule has 0 saturated carbocycles. The zero-order valence-corrected chi connectivity index (χ0v) is 13.1. The predicted octanol–water partition coefficient (Wildman–Crippen LogP) is 2.52. The van der Waals surface area contributed by atoms with Crippen molar-refractivity contribution >= 4 is 17.5 Å². The smallest absolute Gasteiger partial charge is 0.249 e. The minimum absolute atomic E-state index is 0.000553. The lowest BCUT2D eigenvalue weighted by Crippen LogP contribution is -2.51. The van der Waals surface area contributed by atoms with Gasteiger partial charge in [-0.3, -0.25) is 9.59 Å². The first-order chi connectivity index (χ1) is 10.0. The Morgan fingerprint density at radius 1 is 1.29 bits per heavy atom. The minimum atomic E-state index is -0.449. The highest BCUT2D eigenvalue weighted by Gasteiger charge is 2.32. The maximum absolute atomic E-state index is 12.8. The van der Waals surface area contributed by atoms with Gasteiger partial charge < -0.3 is 10.2 Å². The average Bonchev–Trinajstić information content (AvgIpc) is 2.88. The minimum Gasteiger partial charge on any atom is -0.344 e. The number of benzene rings is 1. The number of para-hydroxylation sites is 1. The van der Waals surface area contributed by atoms with Gasteiger partial charge in [0.2, 0.25) is 11.8 Å². The average molecular weight is 288 g/mol. The van der Waals surface area contributed by atoms with Gasteiger partial charge in [-0.2, -0.15) is 0 Å². The van der Waals surface area contributed by atoms with E-state index in [1.54, 1.807) is 0 Å². The number of carbonyl (C=O) groups is 2. The highest BCUT2D eigenvalue weighted by molar-refractivity contribution is 6.00. The molecule has 114 valence electrons. The van der Waals surface area contributed by atoms with E-state index in [4.69, 9.17) is 0 Å². The van der Waals surface area contributed by atoms with E-state index in [-0.39, 0.29) is 17.7 Å². The molecule has 1 aromatic rings. The number of nitrogens with zero attached hydrogens (tertiary/aromatic N) is 1. The third-order valence-corrected chi connectivity index (χ3v) is 3.88. The van der Waals surface area contributed by atoms with Crippen LogP contribution in [0.2, 0.25) is 0 Å². The number of anilines is 1. The standard InChI is InChI=1S/C17H24N2O2/c1-4-7-15(20)18-16(12(2)3)17(21)19-11-10-13-8-5-6-9-14(13)19/h5-6,8-9,12,16H,4,7,10-11H2,1-3H3,(H,18,20)/t16-/m0/s1. The normalized spacial score (nSPS) is 15.0. The van der Waals surface area contributed by atoms with Crippen LogP contribution in [0.1, 0.15) is 39.2 Å². The second kappa shape index (κ2) is 6.74. The molecule has 0 spiro atoms. The van der Waals surface area contributed by atoms with Gasteiger partial charge in [-0.05, 0) is 30.4 Å². The molecule has 1 aromatic carbocycles. The van der Waals surface area contributed by atoms with Crippen molar-refractivity contribution in [3.63, 3.8) is 0 Å². The molecular weight excluding hydrogens is 264 g/mol. The van der Waals surface area contributed by atoms with Crippen LogP contribution in [0, 0.1) is 5.92 Å². The van der Waals surface area contributed by atoms with Crippen LogP contribution < -0.4 is 10.2 Å². The molecule has 2 amide bonds. The predicted molar refractivity (Wildman–Crippen MR) is 84.2 cm³/mol. The first-order valence-electron chi connectivity index (χ1n) is 7.73. The Morgan fingerprint density at radius 3 is 2.67 bits per heavy atom. The van der Waals surface area contributed by atoms with Gasteiger partial charge in [0.15, 0.2) is 0 Å². The third kappa shape index (κ3) is 3.43. The molecular formula is C17H24N2O2. The summed E-state index contributed by atoms with van der Waals surface area (Å²) < 4.78 is 0. The van der Waals surface area contributed by atoms with Crippen LogP contribution in [-0.4, -0.2) is 24.4 Å². The van der Waals surface area contributed by atoms with E-state index in [0.29, 0.717) is 13.0 Å². The fraction of sp³-hybridized carbons (Fsp3) is 0.529. The van der Waals surface area contributed by atoms with Crippen molar-refractivity contribution in [2.75, 3.05) is 11.4 Å². The first kappa shape index (κ1) is 15.5. The summed E-state index contributed by atoms with van der Waals surface area (Å²) in [5, 5.41) is 2.89. The summed E-state index contributed by atoms with van der Waals surface area (Å²) in [5.74, 6) is 0.0301. The zero-order valence-electron chi connectivity index (χ0n) is 13.1. The van der Waals surface area contributed by atoms with Gasteiger partial charge >= 0.3 is 0 Å². The molecule has 0 fully saturated rings. The van der Waals surface area contributed by atoms with Crippen LogP contribution in [0.3, 0.4) is 0 Å². The molecule has 1 heterocycles. The second-order valence-corrected chi connectivity index (χ2v) is 5.91. The molecule has 0 radical (unpaired) electrons. The van der Waals surface area contributed by atoms with Crippen LogP contribution in [0.4, 0.5) is 5.69 Å². The van der Waals surface area contributed by atoms with Crippen molar-refractivity contribution in [2.45, 2.75) is 46.1 Å². The number of hydrogen-bond acceptors (Lipinski definition) is 2. The fourth-order valence-electron chi connectivity index (χ4n) is 2.72. The van der Waals surface area contributed by atoms with Crippen molar-refractivity contribution in [3.8, 4) is 0 Å². The molecule has 2 rings (SSSR count).